The summed E-state index contributed by atoms with van der Waals surface area (Å²) >= 11 is 0. The van der Waals surface area contributed by atoms with Gasteiger partial charge in [0.1, 0.15) is 0 Å². The molecule has 0 unspecified atom stereocenters. The first-order valence-electron chi connectivity index (χ1n) is 4.99. The van der Waals surface area contributed by atoms with Crippen LogP contribution in [0.5, 0.6) is 0 Å². The Morgan fingerprint density at radius 3 is 2.38 bits per heavy atom. The molecule has 0 fully saturated rings. The highest BCUT2D eigenvalue weighted by atomic mass is 16.5. The van der Waals surface area contributed by atoms with Crippen LogP contribution in [0.4, 0.5) is 0 Å². The van der Waals surface area contributed by atoms with Crippen LogP contribution in [0, 0.1) is 13.8 Å². The fourth-order valence-electron chi connectivity index (χ4n) is 1.16. The summed E-state index contributed by atoms with van der Waals surface area (Å²) in [5.74, 6) is -1.19. The molecule has 1 aromatic carbocycles. The molecule has 1 rings (SSSR count). The third kappa shape index (κ3) is 2.82. The molecule has 1 atom stereocenters. The summed E-state index contributed by atoms with van der Waals surface area (Å²) in [7, 11) is 0. The minimum absolute atomic E-state index is 0.427. The first kappa shape index (κ1) is 12.2. The Bertz CT molecular complexity index is 426. The minimum atomic E-state index is -0.908. The van der Waals surface area contributed by atoms with Gasteiger partial charge in [0.25, 0.3) is 5.91 Å². The van der Waals surface area contributed by atoms with Gasteiger partial charge in [-0.15, -0.1) is 0 Å². The van der Waals surface area contributed by atoms with Crippen LogP contribution in [0.1, 0.15) is 28.4 Å². The summed E-state index contributed by atoms with van der Waals surface area (Å²) in [6.07, 6.45) is -0.908. The van der Waals surface area contributed by atoms with Crippen LogP contribution in [-0.2, 0) is 9.53 Å². The van der Waals surface area contributed by atoms with E-state index in [1.807, 2.05) is 19.9 Å². The van der Waals surface area contributed by atoms with Gasteiger partial charge in [-0.25, -0.2) is 4.79 Å². The highest BCUT2D eigenvalue weighted by molar-refractivity contribution is 5.92. The summed E-state index contributed by atoms with van der Waals surface area (Å²) in [6, 6.07) is 5.23. The lowest BCUT2D eigenvalue weighted by Gasteiger charge is -2.10. The number of aryl methyl sites for hydroxylation is 2. The number of benzene rings is 1. The van der Waals surface area contributed by atoms with Crippen LogP contribution in [0.15, 0.2) is 18.2 Å². The Balaban J connectivity index is 2.81. The second-order valence-corrected chi connectivity index (χ2v) is 3.75. The van der Waals surface area contributed by atoms with E-state index in [-0.39, 0.29) is 0 Å². The quantitative estimate of drug-likeness (QED) is 0.783. The van der Waals surface area contributed by atoms with E-state index in [0.29, 0.717) is 5.56 Å². The third-order valence-electron chi connectivity index (χ3n) is 2.43. The van der Waals surface area contributed by atoms with E-state index in [4.69, 9.17) is 10.5 Å². The van der Waals surface area contributed by atoms with E-state index in [1.54, 1.807) is 12.1 Å². The molecule has 0 spiro atoms. The maximum Gasteiger partial charge on any atom is 0.338 e. The van der Waals surface area contributed by atoms with Crippen molar-refractivity contribution in [2.24, 2.45) is 5.73 Å². The van der Waals surface area contributed by atoms with Crippen molar-refractivity contribution >= 4 is 11.9 Å². The van der Waals surface area contributed by atoms with Gasteiger partial charge in [-0.1, -0.05) is 6.07 Å². The monoisotopic (exact) mass is 221 g/mol. The van der Waals surface area contributed by atoms with Crippen molar-refractivity contribution < 1.29 is 14.3 Å². The molecule has 86 valence electrons. The molecular weight excluding hydrogens is 206 g/mol. The van der Waals surface area contributed by atoms with Crippen LogP contribution in [-0.4, -0.2) is 18.0 Å². The molecule has 0 aromatic heterocycles. The van der Waals surface area contributed by atoms with Gasteiger partial charge in [-0.2, -0.15) is 0 Å². The Hall–Kier alpha value is -1.84. The van der Waals surface area contributed by atoms with Gasteiger partial charge < -0.3 is 10.5 Å². The van der Waals surface area contributed by atoms with Crippen molar-refractivity contribution in [1.29, 1.82) is 0 Å². The predicted molar refractivity (Wildman–Crippen MR) is 60.0 cm³/mol. The highest BCUT2D eigenvalue weighted by Crippen LogP contribution is 2.11. The van der Waals surface area contributed by atoms with Crippen molar-refractivity contribution in [2.75, 3.05) is 0 Å². The second-order valence-electron chi connectivity index (χ2n) is 3.75. The van der Waals surface area contributed by atoms with Crippen molar-refractivity contribution in [1.82, 2.24) is 0 Å². The van der Waals surface area contributed by atoms with E-state index in [9.17, 15) is 9.59 Å². The number of carbonyl (C=O) groups is 2. The Morgan fingerprint density at radius 1 is 1.25 bits per heavy atom. The molecule has 0 saturated carbocycles. The Labute approximate surface area is 94.4 Å². The standard InChI is InChI=1S/C12H15NO3/c1-7-4-5-10(6-8(7)2)12(15)16-9(3)11(13)14/h4-6,9H,1-3H3,(H2,13,14)/t9-/m0/s1. The van der Waals surface area contributed by atoms with Gasteiger partial charge in [0.15, 0.2) is 6.10 Å². The Kier molecular flexibility index (Phi) is 3.66. The average Bonchev–Trinajstić information content (AvgIpc) is 2.21. The number of amides is 1. The highest BCUT2D eigenvalue weighted by Gasteiger charge is 2.16. The van der Waals surface area contributed by atoms with Gasteiger partial charge in [-0.3, -0.25) is 4.79 Å². The Morgan fingerprint density at radius 2 is 1.88 bits per heavy atom. The lowest BCUT2D eigenvalue weighted by Crippen LogP contribution is -2.30. The molecule has 0 bridgehead atoms. The number of carbonyl (C=O) groups excluding carboxylic acids is 2. The summed E-state index contributed by atoms with van der Waals surface area (Å²) < 4.78 is 4.88. The number of nitrogens with two attached hydrogens (primary N) is 1. The summed E-state index contributed by atoms with van der Waals surface area (Å²) in [5, 5.41) is 0. The number of hydrogen-bond donors (Lipinski definition) is 1. The fraction of sp³-hybridized carbons (Fsp3) is 0.333. The lowest BCUT2D eigenvalue weighted by molar-refractivity contribution is -0.125. The zero-order chi connectivity index (χ0) is 12.3. The number of primary amides is 1. The maximum absolute atomic E-state index is 11.6. The molecular formula is C12H15NO3. The largest absolute Gasteiger partial charge is 0.449 e. The van der Waals surface area contributed by atoms with E-state index in [1.165, 1.54) is 6.92 Å². The van der Waals surface area contributed by atoms with Crippen molar-refractivity contribution in [2.45, 2.75) is 26.9 Å². The van der Waals surface area contributed by atoms with Crippen LogP contribution < -0.4 is 5.73 Å². The number of rotatable bonds is 3. The minimum Gasteiger partial charge on any atom is -0.449 e. The molecule has 0 radical (unpaired) electrons. The molecule has 2 N–H and O–H groups in total. The third-order valence-corrected chi connectivity index (χ3v) is 2.43. The summed E-state index contributed by atoms with van der Waals surface area (Å²) in [5.41, 5.74) is 7.53. The van der Waals surface area contributed by atoms with E-state index >= 15 is 0 Å². The average molecular weight is 221 g/mol. The van der Waals surface area contributed by atoms with Crippen LogP contribution in [0.25, 0.3) is 0 Å². The van der Waals surface area contributed by atoms with Crippen LogP contribution in [0.3, 0.4) is 0 Å². The number of hydrogen-bond acceptors (Lipinski definition) is 3. The van der Waals surface area contributed by atoms with Crippen LogP contribution in [0.2, 0.25) is 0 Å². The molecule has 0 aliphatic heterocycles. The van der Waals surface area contributed by atoms with Gasteiger partial charge in [0.2, 0.25) is 0 Å². The number of esters is 1. The topological polar surface area (TPSA) is 69.4 Å². The lowest BCUT2D eigenvalue weighted by atomic mass is 10.1. The van der Waals surface area contributed by atoms with Crippen molar-refractivity contribution in [3.05, 3.63) is 34.9 Å². The smallest absolute Gasteiger partial charge is 0.338 e. The van der Waals surface area contributed by atoms with Gasteiger partial charge in [0.05, 0.1) is 5.56 Å². The molecule has 1 amide bonds. The fourth-order valence-corrected chi connectivity index (χ4v) is 1.16. The van der Waals surface area contributed by atoms with Crippen molar-refractivity contribution in [3.63, 3.8) is 0 Å². The molecule has 4 heteroatoms. The van der Waals surface area contributed by atoms with E-state index in [0.717, 1.165) is 11.1 Å². The molecule has 0 aliphatic rings. The van der Waals surface area contributed by atoms with Gasteiger partial charge in [0, 0.05) is 0 Å². The first-order valence-corrected chi connectivity index (χ1v) is 4.99. The van der Waals surface area contributed by atoms with E-state index in [2.05, 4.69) is 0 Å². The summed E-state index contributed by atoms with van der Waals surface area (Å²) in [6.45, 7) is 5.31. The van der Waals surface area contributed by atoms with Crippen LogP contribution >= 0.6 is 0 Å². The molecule has 4 nitrogen and oxygen atoms in total. The zero-order valence-electron chi connectivity index (χ0n) is 9.61. The zero-order valence-corrected chi connectivity index (χ0v) is 9.61. The maximum atomic E-state index is 11.6. The number of ether oxygens (including phenoxy) is 1. The summed E-state index contributed by atoms with van der Waals surface area (Å²) in [4.78, 5) is 22.3. The molecule has 0 heterocycles. The normalized spacial score (nSPS) is 11.9. The van der Waals surface area contributed by atoms with Gasteiger partial charge >= 0.3 is 5.97 Å². The first-order chi connectivity index (χ1) is 7.41. The SMILES string of the molecule is Cc1ccc(C(=O)O[C@@H](C)C(N)=O)cc1C. The molecule has 0 saturated heterocycles. The molecule has 16 heavy (non-hydrogen) atoms. The molecule has 1 aromatic rings. The molecule has 0 aliphatic carbocycles. The van der Waals surface area contributed by atoms with Crippen molar-refractivity contribution in [3.8, 4) is 0 Å². The predicted octanol–water partition coefficient (Wildman–Crippen LogP) is 1.33. The second kappa shape index (κ2) is 4.79. The van der Waals surface area contributed by atoms with Gasteiger partial charge in [-0.05, 0) is 44.0 Å². The van der Waals surface area contributed by atoms with E-state index < -0.39 is 18.0 Å².